The Bertz CT molecular complexity index is 1330. The van der Waals surface area contributed by atoms with Crippen molar-refractivity contribution in [3.8, 4) is 0 Å². The number of quaternary nitrogens is 1. The van der Waals surface area contributed by atoms with E-state index < -0.39 is 18.1 Å². The van der Waals surface area contributed by atoms with Crippen LogP contribution in [-0.2, 0) is 28.6 Å². The number of likely N-dealkylation sites (N-methyl/N-ethyl adjacent to an activating group) is 1. The highest BCUT2D eigenvalue weighted by atomic mass is 16.6. The molecule has 0 aromatic heterocycles. The summed E-state index contributed by atoms with van der Waals surface area (Å²) in [5, 5.41) is 9.66. The van der Waals surface area contributed by atoms with Gasteiger partial charge in [-0.25, -0.2) is 4.79 Å². The zero-order valence-electron chi connectivity index (χ0n) is 42.4. The van der Waals surface area contributed by atoms with Crippen molar-refractivity contribution in [1.29, 1.82) is 0 Å². The van der Waals surface area contributed by atoms with E-state index in [4.69, 9.17) is 14.2 Å². The first-order valence-electron chi connectivity index (χ1n) is 26.1. The molecule has 0 saturated heterocycles. The molecule has 0 bridgehead atoms. The van der Waals surface area contributed by atoms with Crippen LogP contribution < -0.4 is 0 Å². The zero-order valence-corrected chi connectivity index (χ0v) is 42.4. The predicted octanol–water partition coefficient (Wildman–Crippen LogP) is 15.3. The van der Waals surface area contributed by atoms with Crippen LogP contribution >= 0.6 is 0 Å². The molecule has 8 heteroatoms. The summed E-state index contributed by atoms with van der Waals surface area (Å²) in [7, 11) is 5.51. The van der Waals surface area contributed by atoms with Crippen LogP contribution in [0, 0.1) is 0 Å². The lowest BCUT2D eigenvalue weighted by Crippen LogP contribution is -2.50. The molecule has 372 valence electrons. The highest BCUT2D eigenvalue weighted by Gasteiger charge is 2.31. The molecule has 0 rings (SSSR count). The normalized spacial score (nSPS) is 13.6. The molecule has 0 spiro atoms. The molecule has 2 unspecified atom stereocenters. The monoisotopic (exact) mass is 909 g/mol. The van der Waals surface area contributed by atoms with Gasteiger partial charge in [0.15, 0.2) is 12.1 Å². The fourth-order valence-corrected chi connectivity index (χ4v) is 7.27. The van der Waals surface area contributed by atoms with Crippen molar-refractivity contribution in [2.24, 2.45) is 0 Å². The van der Waals surface area contributed by atoms with Gasteiger partial charge in [-0.1, -0.05) is 182 Å². The predicted molar refractivity (Wildman–Crippen MR) is 275 cm³/mol. The first kappa shape index (κ1) is 61.5. The van der Waals surface area contributed by atoms with E-state index in [0.717, 1.165) is 70.6 Å². The van der Waals surface area contributed by atoms with Gasteiger partial charge in [0.05, 0.1) is 34.4 Å². The van der Waals surface area contributed by atoms with Gasteiger partial charge in [0.25, 0.3) is 0 Å². The van der Waals surface area contributed by atoms with E-state index in [1.54, 1.807) is 0 Å². The SMILES string of the molecule is CC/C=C/C/C=C/C/C=C/C/C=C/C/C=C/C/C=C/CCCCC(=O)OC(COCCC(C(=O)O)[N+](C)(C)C)COC(=O)CCCCCCCCC/C=C/CCCCCCCCCCC. The summed E-state index contributed by atoms with van der Waals surface area (Å²) >= 11 is 0. The van der Waals surface area contributed by atoms with Crippen LogP contribution in [0.2, 0.25) is 0 Å². The number of carboxylic acid groups (broad SMARTS) is 1. The van der Waals surface area contributed by atoms with Gasteiger partial charge in [-0.3, -0.25) is 9.59 Å². The van der Waals surface area contributed by atoms with E-state index in [-0.39, 0.29) is 42.7 Å². The van der Waals surface area contributed by atoms with Crippen LogP contribution in [0.5, 0.6) is 0 Å². The maximum absolute atomic E-state index is 12.8. The second kappa shape index (κ2) is 47.0. The van der Waals surface area contributed by atoms with Gasteiger partial charge in [0.2, 0.25) is 0 Å². The third-order valence-electron chi connectivity index (χ3n) is 11.3. The van der Waals surface area contributed by atoms with Crippen LogP contribution in [0.3, 0.4) is 0 Å². The number of esters is 2. The molecular formula is C57H98NO7+. The minimum Gasteiger partial charge on any atom is -0.477 e. The molecule has 0 saturated carbocycles. The third-order valence-corrected chi connectivity index (χ3v) is 11.3. The van der Waals surface area contributed by atoms with Crippen LogP contribution in [0.25, 0.3) is 0 Å². The number of allylic oxidation sites excluding steroid dienone is 14. The summed E-state index contributed by atoms with van der Waals surface area (Å²) in [6.45, 7) is 4.58. The molecule has 1 N–H and O–H groups in total. The molecule has 0 aromatic carbocycles. The second-order valence-corrected chi connectivity index (χ2v) is 18.4. The molecular weight excluding hydrogens is 811 g/mol. The average Bonchev–Trinajstić information content (AvgIpc) is 3.27. The first-order chi connectivity index (χ1) is 31.6. The molecule has 0 amide bonds. The molecule has 0 aliphatic rings. The number of carbonyl (C=O) groups excluding carboxylic acids is 2. The smallest absolute Gasteiger partial charge is 0.362 e. The van der Waals surface area contributed by atoms with E-state index in [0.29, 0.717) is 19.3 Å². The van der Waals surface area contributed by atoms with E-state index in [2.05, 4.69) is 98.9 Å². The molecule has 0 aliphatic carbocycles. The highest BCUT2D eigenvalue weighted by Crippen LogP contribution is 2.14. The molecule has 65 heavy (non-hydrogen) atoms. The van der Waals surface area contributed by atoms with Crippen molar-refractivity contribution in [1.82, 2.24) is 0 Å². The fourth-order valence-electron chi connectivity index (χ4n) is 7.27. The Labute approximate surface area is 399 Å². The highest BCUT2D eigenvalue weighted by molar-refractivity contribution is 5.72. The average molecular weight is 909 g/mol. The van der Waals surface area contributed by atoms with Crippen LogP contribution in [0.1, 0.15) is 206 Å². The number of carboxylic acids is 1. The summed E-state index contributed by atoms with van der Waals surface area (Å²) < 4.78 is 17.3. The Morgan fingerprint density at radius 3 is 1.32 bits per heavy atom. The molecule has 0 radical (unpaired) electrons. The number of hydrogen-bond donors (Lipinski definition) is 1. The standard InChI is InChI=1S/C57H97NO7/c1-6-8-10-12-14-16-18-20-22-24-26-28-30-32-34-36-38-40-42-44-46-48-56(60)65-53(51-63-50-49-54(57(61)62)58(3,4)5)52-64-55(59)47-45-43-41-39-37-35-33-31-29-27-25-23-21-19-17-15-13-11-9-7-2/h8,10,14,16,20,22,26-29,32,34,38,40,53-54H,6-7,9,11-13,15,17-19,21,23-25,30-31,33,35-37,39,41-52H2,1-5H3/p+1/b10-8+,16-14+,22-20+,28-26+,29-27+,34-32+,40-38+. The van der Waals surface area contributed by atoms with Crippen molar-refractivity contribution < 1.29 is 38.2 Å². The Balaban J connectivity index is 4.34. The topological polar surface area (TPSA) is 99.1 Å². The first-order valence-corrected chi connectivity index (χ1v) is 26.1. The van der Waals surface area contributed by atoms with Gasteiger partial charge in [-0.2, -0.15) is 0 Å². The van der Waals surface area contributed by atoms with Gasteiger partial charge in [0, 0.05) is 19.3 Å². The summed E-state index contributed by atoms with van der Waals surface area (Å²) in [5.41, 5.74) is 0. The number of rotatable bonds is 46. The molecule has 0 aliphatic heterocycles. The van der Waals surface area contributed by atoms with Crippen LogP contribution in [0.15, 0.2) is 85.1 Å². The van der Waals surface area contributed by atoms with Gasteiger partial charge in [-0.05, 0) is 89.9 Å². The number of carbonyl (C=O) groups is 3. The number of ether oxygens (including phenoxy) is 3. The minimum atomic E-state index is -0.885. The van der Waals surface area contributed by atoms with Crippen molar-refractivity contribution in [2.45, 2.75) is 219 Å². The lowest BCUT2D eigenvalue weighted by atomic mass is 10.1. The molecule has 2 atom stereocenters. The number of nitrogens with zero attached hydrogens (tertiary/aromatic N) is 1. The van der Waals surface area contributed by atoms with Crippen molar-refractivity contribution in [2.75, 3.05) is 41.0 Å². The maximum atomic E-state index is 12.8. The zero-order chi connectivity index (χ0) is 47.7. The third kappa shape index (κ3) is 45.5. The van der Waals surface area contributed by atoms with Crippen LogP contribution in [0.4, 0.5) is 0 Å². The largest absolute Gasteiger partial charge is 0.477 e. The van der Waals surface area contributed by atoms with Gasteiger partial charge in [0.1, 0.15) is 6.61 Å². The molecule has 0 aromatic rings. The number of hydrogen-bond acceptors (Lipinski definition) is 6. The van der Waals surface area contributed by atoms with E-state index in [1.165, 1.54) is 96.3 Å². The van der Waals surface area contributed by atoms with Crippen LogP contribution in [-0.4, -0.2) is 80.6 Å². The van der Waals surface area contributed by atoms with Gasteiger partial charge < -0.3 is 23.8 Å². The summed E-state index contributed by atoms with van der Waals surface area (Å²) in [5.74, 6) is -1.53. The second-order valence-electron chi connectivity index (χ2n) is 18.4. The summed E-state index contributed by atoms with van der Waals surface area (Å²) in [6, 6.07) is -0.629. The van der Waals surface area contributed by atoms with E-state index >= 15 is 0 Å². The summed E-state index contributed by atoms with van der Waals surface area (Å²) in [6.07, 6.45) is 62.1. The number of aliphatic carboxylic acids is 1. The van der Waals surface area contributed by atoms with E-state index in [1.807, 2.05) is 21.1 Å². The van der Waals surface area contributed by atoms with Gasteiger partial charge in [-0.15, -0.1) is 0 Å². The lowest BCUT2D eigenvalue weighted by molar-refractivity contribution is -0.887. The molecule has 8 nitrogen and oxygen atoms in total. The fraction of sp³-hybridized carbons (Fsp3) is 0.702. The lowest BCUT2D eigenvalue weighted by Gasteiger charge is -2.31. The van der Waals surface area contributed by atoms with E-state index in [9.17, 15) is 19.5 Å². The quantitative estimate of drug-likeness (QED) is 0.0281. The van der Waals surface area contributed by atoms with Gasteiger partial charge >= 0.3 is 17.9 Å². The summed E-state index contributed by atoms with van der Waals surface area (Å²) in [4.78, 5) is 37.2. The Hall–Kier alpha value is -3.49. The Kier molecular flexibility index (Phi) is 44.5. The molecule has 0 heterocycles. The Morgan fingerprint density at radius 1 is 0.477 bits per heavy atom. The molecule has 0 fully saturated rings. The Morgan fingerprint density at radius 2 is 0.862 bits per heavy atom. The van der Waals surface area contributed by atoms with Crippen molar-refractivity contribution in [3.05, 3.63) is 85.1 Å². The maximum Gasteiger partial charge on any atom is 0.362 e. The minimum absolute atomic E-state index is 0.0378. The van der Waals surface area contributed by atoms with Crippen molar-refractivity contribution >= 4 is 17.9 Å². The number of unbranched alkanes of at least 4 members (excludes halogenated alkanes) is 18. The van der Waals surface area contributed by atoms with Crippen molar-refractivity contribution in [3.63, 3.8) is 0 Å².